The van der Waals surface area contributed by atoms with Crippen molar-refractivity contribution in [3.05, 3.63) is 0 Å². The van der Waals surface area contributed by atoms with Gasteiger partial charge in [-0.3, -0.25) is 0 Å². The standard InChI is InChI=1S/C13H25N5S/c1-3-11(14-2)7-6-10-19-13-15-16-17-18(13)12-8-4-5-9-12/h11-12,14H,3-10H2,1-2H3. The minimum atomic E-state index is 0.540. The van der Waals surface area contributed by atoms with E-state index < -0.39 is 0 Å². The number of tetrazole rings is 1. The molecular formula is C13H25N5S. The maximum Gasteiger partial charge on any atom is 0.209 e. The lowest BCUT2D eigenvalue weighted by Crippen LogP contribution is -2.24. The molecular weight excluding hydrogens is 258 g/mol. The summed E-state index contributed by atoms with van der Waals surface area (Å²) in [5.74, 6) is 1.10. The Balaban J connectivity index is 1.75. The van der Waals surface area contributed by atoms with Gasteiger partial charge in [-0.1, -0.05) is 31.5 Å². The molecule has 1 aliphatic rings. The van der Waals surface area contributed by atoms with Gasteiger partial charge in [0, 0.05) is 11.8 Å². The highest BCUT2D eigenvalue weighted by Gasteiger charge is 2.21. The topological polar surface area (TPSA) is 55.6 Å². The van der Waals surface area contributed by atoms with E-state index in [2.05, 4.69) is 27.8 Å². The summed E-state index contributed by atoms with van der Waals surface area (Å²) < 4.78 is 2.05. The highest BCUT2D eigenvalue weighted by molar-refractivity contribution is 7.99. The fraction of sp³-hybridized carbons (Fsp3) is 0.923. The fourth-order valence-corrected chi connectivity index (χ4v) is 3.61. The van der Waals surface area contributed by atoms with Crippen LogP contribution in [0.4, 0.5) is 0 Å². The minimum Gasteiger partial charge on any atom is -0.317 e. The van der Waals surface area contributed by atoms with E-state index >= 15 is 0 Å². The van der Waals surface area contributed by atoms with Gasteiger partial charge in [0.25, 0.3) is 0 Å². The van der Waals surface area contributed by atoms with Gasteiger partial charge in [-0.2, -0.15) is 0 Å². The first kappa shape index (κ1) is 14.8. The molecule has 19 heavy (non-hydrogen) atoms. The normalized spacial score (nSPS) is 18.0. The minimum absolute atomic E-state index is 0.540. The molecule has 6 heteroatoms. The number of aromatic nitrogens is 4. The third-order valence-electron chi connectivity index (χ3n) is 3.96. The Labute approximate surface area is 119 Å². The summed E-state index contributed by atoms with van der Waals surface area (Å²) in [6.45, 7) is 2.23. The van der Waals surface area contributed by atoms with E-state index in [1.54, 1.807) is 11.8 Å². The number of nitrogens with zero attached hydrogens (tertiary/aromatic N) is 4. The third kappa shape index (κ3) is 4.18. The second-order valence-electron chi connectivity index (χ2n) is 5.23. The second-order valence-corrected chi connectivity index (χ2v) is 6.29. The molecule has 1 aliphatic carbocycles. The predicted molar refractivity (Wildman–Crippen MR) is 78.4 cm³/mol. The quantitative estimate of drug-likeness (QED) is 0.587. The molecule has 1 atom stereocenters. The van der Waals surface area contributed by atoms with Crippen molar-refractivity contribution >= 4 is 11.8 Å². The molecule has 2 rings (SSSR count). The lowest BCUT2D eigenvalue weighted by molar-refractivity contribution is 0.423. The summed E-state index contributed by atoms with van der Waals surface area (Å²) in [4.78, 5) is 0. The van der Waals surface area contributed by atoms with Gasteiger partial charge in [-0.15, -0.1) is 5.10 Å². The van der Waals surface area contributed by atoms with Crippen molar-refractivity contribution in [2.45, 2.75) is 69.1 Å². The Morgan fingerprint density at radius 1 is 1.42 bits per heavy atom. The van der Waals surface area contributed by atoms with E-state index in [1.165, 1.54) is 44.9 Å². The Bertz CT molecular complexity index is 358. The zero-order valence-corrected chi connectivity index (χ0v) is 12.8. The van der Waals surface area contributed by atoms with Crippen molar-refractivity contribution in [2.24, 2.45) is 0 Å². The molecule has 1 aromatic rings. The van der Waals surface area contributed by atoms with Crippen LogP contribution in [0.1, 0.15) is 57.9 Å². The molecule has 1 unspecified atom stereocenters. The van der Waals surface area contributed by atoms with Crippen molar-refractivity contribution in [2.75, 3.05) is 12.8 Å². The largest absolute Gasteiger partial charge is 0.317 e. The van der Waals surface area contributed by atoms with Gasteiger partial charge in [-0.05, 0) is 49.6 Å². The van der Waals surface area contributed by atoms with Crippen molar-refractivity contribution < 1.29 is 0 Å². The van der Waals surface area contributed by atoms with Gasteiger partial charge in [0.2, 0.25) is 5.16 Å². The zero-order valence-electron chi connectivity index (χ0n) is 12.0. The van der Waals surface area contributed by atoms with Crippen LogP contribution in [-0.2, 0) is 0 Å². The number of hydrogen-bond acceptors (Lipinski definition) is 5. The molecule has 1 fully saturated rings. The van der Waals surface area contributed by atoms with Crippen LogP contribution in [0, 0.1) is 0 Å². The maximum absolute atomic E-state index is 4.17. The van der Waals surface area contributed by atoms with Gasteiger partial charge < -0.3 is 5.32 Å². The van der Waals surface area contributed by atoms with Gasteiger partial charge in [0.05, 0.1) is 6.04 Å². The van der Waals surface area contributed by atoms with Crippen LogP contribution >= 0.6 is 11.8 Å². The lowest BCUT2D eigenvalue weighted by Gasteiger charge is -2.13. The Morgan fingerprint density at radius 2 is 2.21 bits per heavy atom. The number of hydrogen-bond donors (Lipinski definition) is 1. The molecule has 0 aliphatic heterocycles. The van der Waals surface area contributed by atoms with Crippen molar-refractivity contribution in [3.8, 4) is 0 Å². The molecule has 0 spiro atoms. The van der Waals surface area contributed by atoms with Crippen molar-refractivity contribution in [3.63, 3.8) is 0 Å². The van der Waals surface area contributed by atoms with Crippen LogP contribution in [-0.4, -0.2) is 39.0 Å². The molecule has 0 radical (unpaired) electrons. The van der Waals surface area contributed by atoms with Gasteiger partial charge in [0.15, 0.2) is 0 Å². The molecule has 1 heterocycles. The van der Waals surface area contributed by atoms with Crippen molar-refractivity contribution in [1.82, 2.24) is 25.5 Å². The van der Waals surface area contributed by atoms with E-state index in [0.29, 0.717) is 12.1 Å². The zero-order chi connectivity index (χ0) is 13.5. The molecule has 1 N–H and O–H groups in total. The SMILES string of the molecule is CCC(CCCSc1nnnn1C1CCCC1)NC. The Hall–Kier alpha value is -0.620. The average molecular weight is 283 g/mol. The highest BCUT2D eigenvalue weighted by Crippen LogP contribution is 2.31. The van der Waals surface area contributed by atoms with E-state index in [-0.39, 0.29) is 0 Å². The van der Waals surface area contributed by atoms with Gasteiger partial charge in [0.1, 0.15) is 0 Å². The maximum atomic E-state index is 4.17. The molecule has 0 saturated heterocycles. The summed E-state index contributed by atoms with van der Waals surface area (Å²) in [5, 5.41) is 16.5. The van der Waals surface area contributed by atoms with E-state index in [0.717, 1.165) is 10.9 Å². The van der Waals surface area contributed by atoms with Crippen LogP contribution < -0.4 is 5.32 Å². The van der Waals surface area contributed by atoms with Crippen molar-refractivity contribution in [1.29, 1.82) is 0 Å². The van der Waals surface area contributed by atoms with Gasteiger partial charge in [-0.25, -0.2) is 4.68 Å². The first-order valence-corrected chi connectivity index (χ1v) is 8.41. The molecule has 0 amide bonds. The summed E-state index contributed by atoms with van der Waals surface area (Å²) in [5.41, 5.74) is 0. The first-order chi connectivity index (χ1) is 9.35. The summed E-state index contributed by atoms with van der Waals surface area (Å²) in [6, 6.07) is 1.18. The number of thioether (sulfide) groups is 1. The van der Waals surface area contributed by atoms with E-state index in [4.69, 9.17) is 0 Å². The molecule has 108 valence electrons. The fourth-order valence-electron chi connectivity index (χ4n) is 2.70. The average Bonchev–Trinajstić information content (AvgIpc) is 3.09. The molecule has 1 saturated carbocycles. The second kappa shape index (κ2) is 7.85. The van der Waals surface area contributed by atoms with Crippen LogP contribution in [0.5, 0.6) is 0 Å². The summed E-state index contributed by atoms with van der Waals surface area (Å²) in [6.07, 6.45) is 8.73. The van der Waals surface area contributed by atoms with E-state index in [1.807, 2.05) is 11.7 Å². The monoisotopic (exact) mass is 283 g/mol. The highest BCUT2D eigenvalue weighted by atomic mass is 32.2. The van der Waals surface area contributed by atoms with Crippen LogP contribution in [0.25, 0.3) is 0 Å². The lowest BCUT2D eigenvalue weighted by atomic mass is 10.1. The smallest absolute Gasteiger partial charge is 0.209 e. The van der Waals surface area contributed by atoms with Crippen LogP contribution in [0.2, 0.25) is 0 Å². The summed E-state index contributed by atoms with van der Waals surface area (Å²) in [7, 11) is 2.04. The van der Waals surface area contributed by atoms with E-state index in [9.17, 15) is 0 Å². The third-order valence-corrected chi connectivity index (χ3v) is 4.98. The molecule has 1 aromatic heterocycles. The number of nitrogens with one attached hydrogen (secondary N) is 1. The van der Waals surface area contributed by atoms with Crippen LogP contribution in [0.15, 0.2) is 5.16 Å². The molecule has 0 aromatic carbocycles. The Kier molecular flexibility index (Phi) is 6.10. The first-order valence-electron chi connectivity index (χ1n) is 7.43. The van der Waals surface area contributed by atoms with Gasteiger partial charge >= 0.3 is 0 Å². The Morgan fingerprint density at radius 3 is 2.89 bits per heavy atom. The van der Waals surface area contributed by atoms with Crippen LogP contribution in [0.3, 0.4) is 0 Å². The predicted octanol–water partition coefficient (Wildman–Crippen LogP) is 2.66. The molecule has 5 nitrogen and oxygen atoms in total. The molecule has 0 bridgehead atoms. The number of rotatable bonds is 8. The summed E-state index contributed by atoms with van der Waals surface area (Å²) >= 11 is 1.80.